The van der Waals surface area contributed by atoms with Crippen LogP contribution < -0.4 is 0 Å². The number of hydrogen-bond donors (Lipinski definition) is 1. The molecule has 202 valence electrons. The van der Waals surface area contributed by atoms with Crippen molar-refractivity contribution in [3.63, 3.8) is 0 Å². The quantitative estimate of drug-likeness (QED) is 0.561. The van der Waals surface area contributed by atoms with Crippen LogP contribution in [-0.2, 0) is 20.5 Å². The Hall–Kier alpha value is -1.49. The largest absolute Gasteiger partial charge is 0.443 e. The lowest BCUT2D eigenvalue weighted by atomic mass is 10.2. The Morgan fingerprint density at radius 1 is 1.25 bits per heavy atom. The fraction of sp³-hybridized carbons (Fsp3) is 0.654. The van der Waals surface area contributed by atoms with E-state index in [4.69, 9.17) is 26.2 Å². The van der Waals surface area contributed by atoms with Gasteiger partial charge in [0.15, 0.2) is 0 Å². The van der Waals surface area contributed by atoms with Crippen molar-refractivity contribution in [3.8, 4) is 0 Å². The first-order valence-electron chi connectivity index (χ1n) is 12.8. The number of amides is 1. The summed E-state index contributed by atoms with van der Waals surface area (Å²) >= 11 is 5.77. The van der Waals surface area contributed by atoms with Crippen LogP contribution in [0.1, 0.15) is 45.4 Å². The molecule has 0 spiro atoms. The van der Waals surface area contributed by atoms with Crippen LogP contribution in [0.15, 0.2) is 41.9 Å². The van der Waals surface area contributed by atoms with Gasteiger partial charge in [-0.2, -0.15) is 0 Å². The van der Waals surface area contributed by atoms with Gasteiger partial charge in [-0.25, -0.2) is 13.3 Å². The molecule has 2 atom stereocenters. The number of nitrogens with zero attached hydrogens (tertiary/aromatic N) is 3. The van der Waals surface area contributed by atoms with Crippen molar-refractivity contribution >= 4 is 28.7 Å². The molecule has 0 radical (unpaired) electrons. The van der Waals surface area contributed by atoms with E-state index in [0.717, 1.165) is 50.3 Å². The number of ether oxygens (including phenoxy) is 2. The standard InChI is InChI=1S/C13H22N2O3.C10H12ClNO2S.C3H6/c1-3-15(12(17)18-13(2)5-6-13)11-4-7-14(10-11)8-9-16;11-9-1-3-10(4-2-9)15(13)12-5-7-14-8-6-12;1-2-3-1/h3,11,16H,1,4-10H2,2H3;1-4H,5-8H2;1-3H2. The zero-order valence-corrected chi connectivity index (χ0v) is 22.9. The van der Waals surface area contributed by atoms with Gasteiger partial charge in [0.1, 0.15) is 16.6 Å². The summed E-state index contributed by atoms with van der Waals surface area (Å²) in [6.07, 6.45) is 8.57. The second kappa shape index (κ2) is 14.4. The predicted molar refractivity (Wildman–Crippen MR) is 142 cm³/mol. The minimum Gasteiger partial charge on any atom is -0.443 e. The molecule has 10 heteroatoms. The smallest absolute Gasteiger partial charge is 0.414 e. The third-order valence-electron chi connectivity index (χ3n) is 6.33. The highest BCUT2D eigenvalue weighted by Crippen LogP contribution is 2.39. The molecule has 1 N–H and O–H groups in total. The molecule has 1 amide bonds. The van der Waals surface area contributed by atoms with Gasteiger partial charge in [0, 0.05) is 43.9 Å². The number of aliphatic hydroxyl groups is 1. The van der Waals surface area contributed by atoms with Gasteiger partial charge in [-0.3, -0.25) is 9.80 Å². The average Bonchev–Trinajstić information content (AvgIpc) is 3.83. The number of morpholine rings is 1. The maximum absolute atomic E-state index is 12.0. The third kappa shape index (κ3) is 9.76. The van der Waals surface area contributed by atoms with Crippen molar-refractivity contribution in [3.05, 3.63) is 42.1 Å². The van der Waals surface area contributed by atoms with Crippen LogP contribution in [0.25, 0.3) is 0 Å². The van der Waals surface area contributed by atoms with Crippen molar-refractivity contribution < 1.29 is 23.6 Å². The Kier molecular flexibility index (Phi) is 11.7. The molecular weight excluding hydrogens is 502 g/mol. The van der Waals surface area contributed by atoms with Gasteiger partial charge >= 0.3 is 6.09 Å². The maximum Gasteiger partial charge on any atom is 0.414 e. The van der Waals surface area contributed by atoms with E-state index in [1.165, 1.54) is 19.3 Å². The number of carbonyl (C=O) groups excluding carboxylic acids is 1. The van der Waals surface area contributed by atoms with E-state index in [1.54, 1.807) is 35.4 Å². The van der Waals surface area contributed by atoms with E-state index in [1.807, 2.05) is 11.2 Å². The molecule has 1 aromatic carbocycles. The van der Waals surface area contributed by atoms with Crippen molar-refractivity contribution in [2.75, 3.05) is 52.5 Å². The molecule has 2 aliphatic heterocycles. The van der Waals surface area contributed by atoms with Crippen LogP contribution >= 0.6 is 11.6 Å². The molecule has 2 saturated carbocycles. The van der Waals surface area contributed by atoms with Gasteiger partial charge in [-0.1, -0.05) is 37.4 Å². The van der Waals surface area contributed by atoms with Gasteiger partial charge in [0.05, 0.1) is 30.8 Å². The molecule has 4 fully saturated rings. The van der Waals surface area contributed by atoms with Crippen LogP contribution in [0.3, 0.4) is 0 Å². The summed E-state index contributed by atoms with van der Waals surface area (Å²) in [6.45, 7) is 10.9. The first-order valence-corrected chi connectivity index (χ1v) is 14.3. The highest BCUT2D eigenvalue weighted by molar-refractivity contribution is 7.82. The first-order chi connectivity index (χ1) is 17.3. The Labute approximate surface area is 222 Å². The molecule has 36 heavy (non-hydrogen) atoms. The van der Waals surface area contributed by atoms with Crippen molar-refractivity contribution in [1.82, 2.24) is 14.1 Å². The molecule has 2 heterocycles. The van der Waals surface area contributed by atoms with Gasteiger partial charge in [0.2, 0.25) is 0 Å². The number of carbonyl (C=O) groups is 1. The summed E-state index contributed by atoms with van der Waals surface area (Å²) in [5, 5.41) is 9.58. The molecule has 0 bridgehead atoms. The summed E-state index contributed by atoms with van der Waals surface area (Å²) in [5.74, 6) is 0. The van der Waals surface area contributed by atoms with Gasteiger partial charge in [-0.05, 0) is 50.5 Å². The number of β-amino-alcohol motifs (C(OH)–C–C–N with tert-alkyl or cyclic N) is 1. The first kappa shape index (κ1) is 29.1. The fourth-order valence-corrected chi connectivity index (χ4v) is 4.98. The minimum absolute atomic E-state index is 0.115. The van der Waals surface area contributed by atoms with Crippen LogP contribution in [0.4, 0.5) is 4.79 Å². The number of rotatable bonds is 7. The summed E-state index contributed by atoms with van der Waals surface area (Å²) in [5.41, 5.74) is -0.248. The molecule has 0 aromatic heterocycles. The highest BCUT2D eigenvalue weighted by atomic mass is 35.5. The van der Waals surface area contributed by atoms with Crippen LogP contribution in [0, 0.1) is 0 Å². The van der Waals surface area contributed by atoms with Crippen molar-refractivity contribution in [2.24, 2.45) is 0 Å². The number of halogens is 1. The lowest BCUT2D eigenvalue weighted by Crippen LogP contribution is -2.40. The Bertz CT molecular complexity index is 857. The van der Waals surface area contributed by atoms with E-state index in [9.17, 15) is 9.00 Å². The lowest BCUT2D eigenvalue weighted by Gasteiger charge is -2.26. The zero-order chi connectivity index (χ0) is 26.0. The van der Waals surface area contributed by atoms with Crippen molar-refractivity contribution in [1.29, 1.82) is 0 Å². The number of aliphatic hydroxyl groups excluding tert-OH is 1. The molecule has 5 rings (SSSR count). The molecule has 2 aliphatic carbocycles. The van der Waals surface area contributed by atoms with E-state index >= 15 is 0 Å². The Morgan fingerprint density at radius 3 is 2.42 bits per heavy atom. The number of hydrogen-bond acceptors (Lipinski definition) is 6. The van der Waals surface area contributed by atoms with Crippen LogP contribution in [0.2, 0.25) is 5.02 Å². The molecule has 2 saturated heterocycles. The fourth-order valence-electron chi connectivity index (χ4n) is 3.71. The molecule has 8 nitrogen and oxygen atoms in total. The van der Waals surface area contributed by atoms with Gasteiger partial charge in [0.25, 0.3) is 0 Å². The molecule has 4 aliphatic rings. The summed E-state index contributed by atoms with van der Waals surface area (Å²) in [7, 11) is -1.08. The van der Waals surface area contributed by atoms with Gasteiger partial charge in [-0.15, -0.1) is 0 Å². The third-order valence-corrected chi connectivity index (χ3v) is 8.09. The van der Waals surface area contributed by atoms with E-state index in [2.05, 4.69) is 11.5 Å². The average molecular weight is 542 g/mol. The molecular formula is C26H40ClN3O5S. The summed E-state index contributed by atoms with van der Waals surface area (Å²) in [6, 6.07) is 7.23. The second-order valence-corrected chi connectivity index (χ2v) is 11.6. The SMILES string of the molecule is C1CC1.C=CN(C(=O)OC1(C)CC1)C1CCN(CCO)C1.O=S(c1ccc(Cl)cc1)N1CCOCC1. The molecule has 2 unspecified atom stereocenters. The lowest BCUT2D eigenvalue weighted by molar-refractivity contribution is 0.0611. The highest BCUT2D eigenvalue weighted by Gasteiger charge is 2.43. The van der Waals surface area contributed by atoms with E-state index in [0.29, 0.717) is 24.8 Å². The minimum atomic E-state index is -1.08. The van der Waals surface area contributed by atoms with Crippen LogP contribution in [0.5, 0.6) is 0 Å². The monoisotopic (exact) mass is 541 g/mol. The van der Waals surface area contributed by atoms with Gasteiger partial charge < -0.3 is 14.6 Å². The van der Waals surface area contributed by atoms with E-state index in [-0.39, 0.29) is 24.3 Å². The van der Waals surface area contributed by atoms with Crippen LogP contribution in [-0.4, -0.2) is 93.7 Å². The zero-order valence-electron chi connectivity index (χ0n) is 21.3. The predicted octanol–water partition coefficient (Wildman–Crippen LogP) is 4.05. The number of likely N-dealkylation sites (tertiary alicyclic amines) is 1. The maximum atomic E-state index is 12.0. The second-order valence-electron chi connectivity index (χ2n) is 9.68. The Morgan fingerprint density at radius 2 is 1.89 bits per heavy atom. The topological polar surface area (TPSA) is 82.6 Å². The normalized spacial score (nSPS) is 23.2. The summed E-state index contributed by atoms with van der Waals surface area (Å²) in [4.78, 5) is 16.6. The molecule has 1 aromatic rings. The number of benzene rings is 1. The Balaban J connectivity index is 0.000000181. The summed E-state index contributed by atoms with van der Waals surface area (Å²) < 4.78 is 24.6. The van der Waals surface area contributed by atoms with E-state index < -0.39 is 11.0 Å². The van der Waals surface area contributed by atoms with Crippen molar-refractivity contribution in [2.45, 2.75) is 62.0 Å².